The summed E-state index contributed by atoms with van der Waals surface area (Å²) < 4.78 is 3.70. The summed E-state index contributed by atoms with van der Waals surface area (Å²) in [7, 11) is 0. The van der Waals surface area contributed by atoms with Gasteiger partial charge in [0.2, 0.25) is 0 Å². The zero-order valence-corrected chi connectivity index (χ0v) is 11.6. The van der Waals surface area contributed by atoms with E-state index in [2.05, 4.69) is 15.3 Å². The number of carbonyl (C=O) groups is 1. The topological polar surface area (TPSA) is 85.8 Å². The highest BCUT2D eigenvalue weighted by molar-refractivity contribution is 7.99. The highest BCUT2D eigenvalue weighted by Crippen LogP contribution is 2.17. The zero-order valence-electron chi connectivity index (χ0n) is 10.8. The lowest BCUT2D eigenvalue weighted by molar-refractivity contribution is -0.133. The Kier molecular flexibility index (Phi) is 4.20. The van der Waals surface area contributed by atoms with E-state index in [9.17, 15) is 4.79 Å². The van der Waals surface area contributed by atoms with Crippen LogP contribution >= 0.6 is 11.8 Å². The summed E-state index contributed by atoms with van der Waals surface area (Å²) in [5.41, 5.74) is 0.947. The Bertz CT molecular complexity index is 577. The first-order chi connectivity index (χ1) is 9.10. The summed E-state index contributed by atoms with van der Waals surface area (Å²) in [6.07, 6.45) is 1.88. The Balaban J connectivity index is 2.14. The highest BCUT2D eigenvalue weighted by atomic mass is 32.2. The van der Waals surface area contributed by atoms with Crippen molar-refractivity contribution >= 4 is 17.7 Å². The zero-order chi connectivity index (χ0) is 13.8. The minimum Gasteiger partial charge on any atom is -0.481 e. The highest BCUT2D eigenvalue weighted by Gasteiger charge is 2.13. The Hall–Kier alpha value is -1.83. The van der Waals surface area contributed by atoms with Crippen molar-refractivity contribution in [1.29, 1.82) is 0 Å². The first kappa shape index (κ1) is 13.6. The van der Waals surface area contributed by atoms with Crippen LogP contribution in [0.25, 0.3) is 0 Å². The van der Waals surface area contributed by atoms with Crippen molar-refractivity contribution in [2.45, 2.75) is 32.1 Å². The predicted molar refractivity (Wildman–Crippen MR) is 70.1 cm³/mol. The van der Waals surface area contributed by atoms with E-state index in [0.717, 1.165) is 11.5 Å². The molecule has 0 aliphatic heterocycles. The molecule has 2 aromatic rings. The van der Waals surface area contributed by atoms with Crippen LogP contribution in [0.5, 0.6) is 0 Å². The van der Waals surface area contributed by atoms with Crippen molar-refractivity contribution in [1.82, 2.24) is 24.5 Å². The maximum absolute atomic E-state index is 10.6. The molecule has 2 aromatic heterocycles. The molecule has 0 spiro atoms. The van der Waals surface area contributed by atoms with E-state index in [-0.39, 0.29) is 5.75 Å². The molecule has 0 saturated carbocycles. The van der Waals surface area contributed by atoms with Crippen LogP contribution in [0.1, 0.15) is 18.4 Å². The largest absolute Gasteiger partial charge is 0.481 e. The standard InChI is InChI=1S/C11H15N5O2S/c1-3-16-9(6-15-5-4-8(2)14-15)12-13-11(16)19-7-10(17)18/h4-5H,3,6-7H2,1-2H3,(H,17,18). The van der Waals surface area contributed by atoms with E-state index < -0.39 is 5.97 Å². The van der Waals surface area contributed by atoms with Crippen molar-refractivity contribution in [2.24, 2.45) is 0 Å². The number of hydrogen-bond acceptors (Lipinski definition) is 5. The number of aliphatic carboxylic acids is 1. The van der Waals surface area contributed by atoms with E-state index >= 15 is 0 Å². The molecule has 2 heterocycles. The minimum atomic E-state index is -0.861. The van der Waals surface area contributed by atoms with E-state index in [1.807, 2.05) is 30.7 Å². The van der Waals surface area contributed by atoms with Crippen molar-refractivity contribution in [3.63, 3.8) is 0 Å². The molecule has 102 valence electrons. The van der Waals surface area contributed by atoms with Crippen molar-refractivity contribution in [3.8, 4) is 0 Å². The number of thioether (sulfide) groups is 1. The minimum absolute atomic E-state index is 0.0149. The fourth-order valence-electron chi connectivity index (χ4n) is 1.68. The SMILES string of the molecule is CCn1c(Cn2ccc(C)n2)nnc1SCC(=O)O. The molecule has 8 heteroatoms. The average molecular weight is 281 g/mol. The summed E-state index contributed by atoms with van der Waals surface area (Å²) in [4.78, 5) is 10.6. The molecule has 0 radical (unpaired) electrons. The lowest BCUT2D eigenvalue weighted by atomic mass is 10.5. The van der Waals surface area contributed by atoms with Gasteiger partial charge in [-0.15, -0.1) is 10.2 Å². The van der Waals surface area contributed by atoms with E-state index in [1.54, 1.807) is 4.68 Å². The van der Waals surface area contributed by atoms with Crippen LogP contribution in [0.15, 0.2) is 17.4 Å². The second kappa shape index (κ2) is 5.87. The Morgan fingerprint density at radius 1 is 1.47 bits per heavy atom. The number of aromatic nitrogens is 5. The summed E-state index contributed by atoms with van der Waals surface area (Å²) in [5.74, 6) is -0.0997. The van der Waals surface area contributed by atoms with Crippen molar-refractivity contribution in [2.75, 3.05) is 5.75 Å². The molecule has 0 aliphatic rings. The lowest BCUT2D eigenvalue weighted by Crippen LogP contribution is -2.10. The number of hydrogen-bond donors (Lipinski definition) is 1. The van der Waals surface area contributed by atoms with Gasteiger partial charge in [-0.2, -0.15) is 5.10 Å². The monoisotopic (exact) mass is 281 g/mol. The van der Waals surface area contributed by atoms with E-state index in [0.29, 0.717) is 18.2 Å². The van der Waals surface area contributed by atoms with Crippen LogP contribution in [0.2, 0.25) is 0 Å². The molecule has 1 N–H and O–H groups in total. The quantitative estimate of drug-likeness (QED) is 0.796. The number of rotatable bonds is 6. The fraction of sp³-hybridized carbons (Fsp3) is 0.455. The molecule has 0 unspecified atom stereocenters. The maximum atomic E-state index is 10.6. The molecule has 0 aromatic carbocycles. The van der Waals surface area contributed by atoms with Gasteiger partial charge >= 0.3 is 5.97 Å². The second-order valence-corrected chi connectivity index (χ2v) is 4.92. The van der Waals surface area contributed by atoms with Crippen LogP contribution in [-0.4, -0.2) is 41.4 Å². The average Bonchev–Trinajstić information content (AvgIpc) is 2.93. The molecular weight excluding hydrogens is 266 g/mol. The fourth-order valence-corrected chi connectivity index (χ4v) is 2.42. The Morgan fingerprint density at radius 2 is 2.26 bits per heavy atom. The molecule has 0 amide bonds. The number of nitrogens with zero attached hydrogens (tertiary/aromatic N) is 5. The Labute approximate surface area is 114 Å². The molecule has 0 bridgehead atoms. The van der Waals surface area contributed by atoms with Crippen LogP contribution in [-0.2, 0) is 17.9 Å². The van der Waals surface area contributed by atoms with Gasteiger partial charge in [0.1, 0.15) is 6.54 Å². The normalized spacial score (nSPS) is 10.8. The number of carboxylic acids is 1. The van der Waals surface area contributed by atoms with Crippen LogP contribution < -0.4 is 0 Å². The van der Waals surface area contributed by atoms with Gasteiger partial charge in [-0.05, 0) is 19.9 Å². The van der Waals surface area contributed by atoms with Gasteiger partial charge in [-0.1, -0.05) is 11.8 Å². The molecule has 0 saturated heterocycles. The molecular formula is C11H15N5O2S. The first-order valence-corrected chi connectivity index (χ1v) is 6.85. The van der Waals surface area contributed by atoms with Gasteiger partial charge in [-0.3, -0.25) is 9.48 Å². The van der Waals surface area contributed by atoms with Gasteiger partial charge < -0.3 is 9.67 Å². The molecule has 0 fully saturated rings. The third-order valence-electron chi connectivity index (χ3n) is 2.51. The first-order valence-electron chi connectivity index (χ1n) is 5.87. The number of aryl methyl sites for hydroxylation is 1. The molecule has 19 heavy (non-hydrogen) atoms. The molecule has 0 aliphatic carbocycles. The molecule has 7 nitrogen and oxygen atoms in total. The summed E-state index contributed by atoms with van der Waals surface area (Å²) in [6.45, 7) is 5.13. The maximum Gasteiger partial charge on any atom is 0.313 e. The van der Waals surface area contributed by atoms with Gasteiger partial charge in [0.05, 0.1) is 11.4 Å². The van der Waals surface area contributed by atoms with E-state index in [1.165, 1.54) is 11.8 Å². The van der Waals surface area contributed by atoms with Crippen LogP contribution in [0.3, 0.4) is 0 Å². The van der Waals surface area contributed by atoms with Gasteiger partial charge in [0.25, 0.3) is 0 Å². The smallest absolute Gasteiger partial charge is 0.313 e. The second-order valence-electron chi connectivity index (χ2n) is 3.98. The third-order valence-corrected chi connectivity index (χ3v) is 3.46. The van der Waals surface area contributed by atoms with E-state index in [4.69, 9.17) is 5.11 Å². The van der Waals surface area contributed by atoms with Crippen molar-refractivity contribution < 1.29 is 9.90 Å². The summed E-state index contributed by atoms with van der Waals surface area (Å²) in [5, 5.41) is 21.8. The molecule has 0 atom stereocenters. The summed E-state index contributed by atoms with van der Waals surface area (Å²) in [6, 6.07) is 1.92. The third kappa shape index (κ3) is 3.34. The Morgan fingerprint density at radius 3 is 2.84 bits per heavy atom. The number of carboxylic acid groups (broad SMARTS) is 1. The van der Waals surface area contributed by atoms with Gasteiger partial charge in [0, 0.05) is 12.7 Å². The molecule has 2 rings (SSSR count). The van der Waals surface area contributed by atoms with Gasteiger partial charge in [0.15, 0.2) is 11.0 Å². The predicted octanol–water partition coefficient (Wildman–Crippen LogP) is 1.03. The lowest BCUT2D eigenvalue weighted by Gasteiger charge is -2.06. The summed E-state index contributed by atoms with van der Waals surface area (Å²) >= 11 is 1.18. The van der Waals surface area contributed by atoms with Crippen LogP contribution in [0.4, 0.5) is 0 Å². The van der Waals surface area contributed by atoms with Crippen LogP contribution in [0, 0.1) is 6.92 Å². The van der Waals surface area contributed by atoms with Crippen molar-refractivity contribution in [3.05, 3.63) is 23.8 Å². The van der Waals surface area contributed by atoms with Gasteiger partial charge in [-0.25, -0.2) is 0 Å².